The number of aliphatic imine (C=N–C) groups is 1. The van der Waals surface area contributed by atoms with E-state index in [-0.39, 0.29) is 6.54 Å². The third-order valence-electron chi connectivity index (χ3n) is 3.39. The monoisotopic (exact) mass is 331 g/mol. The minimum absolute atomic E-state index is 0.285. The third kappa shape index (κ3) is 3.70. The fraction of sp³-hybridized carbons (Fsp3) is 0.176. The van der Waals surface area contributed by atoms with Crippen LogP contribution in [0.5, 0.6) is 0 Å². The molecule has 2 aromatic rings. The van der Waals surface area contributed by atoms with E-state index in [1.165, 1.54) is 4.74 Å². The molecule has 0 aromatic heterocycles. The largest absolute Gasteiger partial charge is 0.857 e. The van der Waals surface area contributed by atoms with Crippen molar-refractivity contribution in [3.05, 3.63) is 64.7 Å². The summed E-state index contributed by atoms with van der Waals surface area (Å²) in [5.74, 6) is 0.687. The number of anilines is 1. The number of nitrogens with one attached hydrogen (secondary N) is 1. The number of hydrogen-bond donors (Lipinski definition) is 2. The van der Waals surface area contributed by atoms with Crippen LogP contribution in [0.15, 0.2) is 53.5 Å². The zero-order valence-electron chi connectivity index (χ0n) is 13.0. The van der Waals surface area contributed by atoms with Crippen LogP contribution in [-0.4, -0.2) is 42.2 Å². The van der Waals surface area contributed by atoms with Crippen molar-refractivity contribution in [2.24, 2.45) is 4.99 Å². The lowest BCUT2D eigenvalue weighted by Crippen LogP contribution is -2.25. The molecule has 0 saturated heterocycles. The quantitative estimate of drug-likeness (QED) is 0.620. The molecule has 0 aliphatic carbocycles. The van der Waals surface area contributed by atoms with Gasteiger partial charge in [-0.15, -0.1) is 0 Å². The van der Waals surface area contributed by atoms with E-state index in [0.717, 1.165) is 23.9 Å². The number of halogens is 1. The Morgan fingerprint density at radius 3 is 2.52 bits per heavy atom. The van der Waals surface area contributed by atoms with Crippen molar-refractivity contribution >= 4 is 28.8 Å². The number of benzene rings is 2. The molecule has 6 heteroatoms. The van der Waals surface area contributed by atoms with Crippen molar-refractivity contribution in [3.63, 3.8) is 0 Å². The van der Waals surface area contributed by atoms with Gasteiger partial charge >= 0.3 is 0 Å². The molecule has 1 aliphatic heterocycles. The van der Waals surface area contributed by atoms with Gasteiger partial charge < -0.3 is 10.4 Å². The minimum atomic E-state index is 0.285. The Kier molecular flexibility index (Phi) is 5.73. The van der Waals surface area contributed by atoms with Crippen LogP contribution in [0.3, 0.4) is 0 Å². The second-order valence-corrected chi connectivity index (χ2v) is 5.19. The molecule has 0 fully saturated rings. The van der Waals surface area contributed by atoms with Crippen LogP contribution in [0.4, 0.5) is 5.69 Å². The van der Waals surface area contributed by atoms with Gasteiger partial charge in [0.25, 0.3) is 5.71 Å². The minimum Gasteiger partial charge on any atom is -0.857 e. The van der Waals surface area contributed by atoms with Crippen LogP contribution >= 0.6 is 11.6 Å². The molecule has 0 unspecified atom stereocenters. The Labute approximate surface area is 140 Å². The van der Waals surface area contributed by atoms with E-state index in [0.29, 0.717) is 16.6 Å². The number of rotatable bonds is 1. The highest BCUT2D eigenvalue weighted by Gasteiger charge is 2.28. The summed E-state index contributed by atoms with van der Waals surface area (Å²) >= 11 is 6.13. The smallest absolute Gasteiger partial charge is 0.267 e. The number of hydroxylamine groups is 1. The van der Waals surface area contributed by atoms with E-state index in [4.69, 9.17) is 16.7 Å². The zero-order chi connectivity index (χ0) is 16.8. The topological polar surface area (TPSA) is 70.7 Å². The molecule has 23 heavy (non-hydrogen) atoms. The van der Waals surface area contributed by atoms with Crippen molar-refractivity contribution in [3.8, 4) is 0 Å². The van der Waals surface area contributed by atoms with Gasteiger partial charge in [0, 0.05) is 12.1 Å². The first-order valence-corrected chi connectivity index (χ1v) is 7.39. The highest BCUT2D eigenvalue weighted by atomic mass is 35.5. The average Bonchev–Trinajstić information content (AvgIpc) is 2.72. The fourth-order valence-electron chi connectivity index (χ4n) is 2.40. The summed E-state index contributed by atoms with van der Waals surface area (Å²) in [5, 5.41) is 22.6. The molecule has 0 amide bonds. The van der Waals surface area contributed by atoms with E-state index < -0.39 is 0 Å². The van der Waals surface area contributed by atoms with Gasteiger partial charge in [0.2, 0.25) is 6.54 Å². The summed E-state index contributed by atoms with van der Waals surface area (Å²) in [4.78, 5) is 4.16. The number of nitrogens with zero attached hydrogens (tertiary/aromatic N) is 2. The lowest BCUT2D eigenvalue weighted by molar-refractivity contribution is -0.764. The zero-order valence-corrected chi connectivity index (χ0v) is 13.7. The maximum absolute atomic E-state index is 10.5. The lowest BCUT2D eigenvalue weighted by Gasteiger charge is -2.07. The molecule has 0 atom stereocenters. The van der Waals surface area contributed by atoms with Gasteiger partial charge in [-0.1, -0.05) is 29.8 Å². The van der Waals surface area contributed by atoms with Gasteiger partial charge in [-0.05, 0) is 35.1 Å². The second-order valence-electron chi connectivity index (χ2n) is 4.76. The average molecular weight is 332 g/mol. The van der Waals surface area contributed by atoms with Gasteiger partial charge in [-0.25, -0.2) is 0 Å². The summed E-state index contributed by atoms with van der Waals surface area (Å²) in [5.41, 5.74) is 3.34. The highest BCUT2D eigenvalue weighted by Crippen LogP contribution is 2.25. The molecular formula is C17H18ClN3O2. The SMILES string of the molecule is CN=C1C[N+](O)=C(c2ccccc2)c2cc(Cl)ccc2N1.C[O-]. The lowest BCUT2D eigenvalue weighted by atomic mass is 10.0. The van der Waals surface area contributed by atoms with Gasteiger partial charge in [0.1, 0.15) is 0 Å². The van der Waals surface area contributed by atoms with E-state index >= 15 is 0 Å². The first kappa shape index (κ1) is 17.0. The Morgan fingerprint density at radius 2 is 1.87 bits per heavy atom. The molecule has 0 radical (unpaired) electrons. The second kappa shape index (κ2) is 7.76. The molecule has 2 N–H and O–H groups in total. The Balaban J connectivity index is 0.000000924. The van der Waals surface area contributed by atoms with E-state index in [1.54, 1.807) is 7.05 Å². The van der Waals surface area contributed by atoms with Gasteiger partial charge in [0.05, 0.1) is 16.8 Å². The normalized spacial score (nSPS) is 15.2. The first-order chi connectivity index (χ1) is 11.2. The van der Waals surface area contributed by atoms with Crippen molar-refractivity contribution < 1.29 is 15.1 Å². The Morgan fingerprint density at radius 1 is 1.17 bits per heavy atom. The number of hydrogen-bond acceptors (Lipinski definition) is 3. The van der Waals surface area contributed by atoms with E-state index in [2.05, 4.69) is 10.3 Å². The molecule has 1 aliphatic rings. The molecule has 3 rings (SSSR count). The summed E-state index contributed by atoms with van der Waals surface area (Å²) in [7, 11) is 2.44. The highest BCUT2D eigenvalue weighted by molar-refractivity contribution is 6.31. The van der Waals surface area contributed by atoms with Crippen molar-refractivity contribution in [2.75, 3.05) is 26.0 Å². The summed E-state index contributed by atoms with van der Waals surface area (Å²) in [6.45, 7) is 0.285. The van der Waals surface area contributed by atoms with Gasteiger partial charge in [-0.3, -0.25) is 10.2 Å². The van der Waals surface area contributed by atoms with E-state index in [9.17, 15) is 5.21 Å². The van der Waals surface area contributed by atoms with Crippen molar-refractivity contribution in [1.82, 2.24) is 0 Å². The van der Waals surface area contributed by atoms with Crippen LogP contribution in [0.2, 0.25) is 5.02 Å². The van der Waals surface area contributed by atoms with Gasteiger partial charge in [-0.2, -0.15) is 7.11 Å². The Bertz CT molecular complexity index is 743. The van der Waals surface area contributed by atoms with Crippen LogP contribution in [-0.2, 0) is 0 Å². The summed E-state index contributed by atoms with van der Waals surface area (Å²) in [6, 6.07) is 15.3. The summed E-state index contributed by atoms with van der Waals surface area (Å²) in [6.07, 6.45) is 0. The van der Waals surface area contributed by atoms with Crippen molar-refractivity contribution in [1.29, 1.82) is 0 Å². The standard InChI is InChI=1S/C16H14ClN3O.CH3O/c1-18-15-10-20(21)16(11-5-3-2-4-6-11)13-9-12(17)7-8-14(13)19-15;1-2/h2-9,21H,10H2,1H3;1H3/q;-1/p+1. The number of amidine groups is 1. The molecule has 1 heterocycles. The molecule has 5 nitrogen and oxygen atoms in total. The predicted octanol–water partition coefficient (Wildman–Crippen LogP) is 2.01. The maximum atomic E-state index is 10.5. The molecule has 120 valence electrons. The fourth-order valence-corrected chi connectivity index (χ4v) is 2.58. The van der Waals surface area contributed by atoms with E-state index in [1.807, 2.05) is 48.5 Å². The Hall–Kier alpha value is -2.37. The number of fused-ring (bicyclic) bond motifs is 1. The van der Waals surface area contributed by atoms with Crippen molar-refractivity contribution in [2.45, 2.75) is 0 Å². The number of benzodiazepines with no additional fused rings is 1. The maximum Gasteiger partial charge on any atom is 0.267 e. The van der Waals surface area contributed by atoms with Crippen LogP contribution in [0.25, 0.3) is 0 Å². The van der Waals surface area contributed by atoms with Crippen LogP contribution in [0.1, 0.15) is 11.1 Å². The van der Waals surface area contributed by atoms with Gasteiger partial charge in [0.15, 0.2) is 5.84 Å². The molecule has 0 spiro atoms. The van der Waals surface area contributed by atoms with Crippen LogP contribution < -0.4 is 10.4 Å². The molecule has 2 aromatic carbocycles. The predicted molar refractivity (Wildman–Crippen MR) is 90.9 cm³/mol. The first-order valence-electron chi connectivity index (χ1n) is 7.01. The molecular weight excluding hydrogens is 314 g/mol. The third-order valence-corrected chi connectivity index (χ3v) is 3.63. The molecule has 0 bridgehead atoms. The van der Waals surface area contributed by atoms with Crippen LogP contribution in [0, 0.1) is 0 Å². The molecule has 0 saturated carbocycles. The summed E-state index contributed by atoms with van der Waals surface area (Å²) < 4.78 is 1.20.